The van der Waals surface area contributed by atoms with Gasteiger partial charge in [-0.15, -0.1) is 0 Å². The fourth-order valence-corrected chi connectivity index (χ4v) is 4.00. The SMILES string of the molecule is Cc1cc(F)c(NC(=O)NC[C@H]2CCO2)cc1-c1cc(OCCO)nc(-c2ccnc3[nH]ncc23)c1. The first-order valence-corrected chi connectivity index (χ1v) is 11.5. The van der Waals surface area contributed by atoms with Crippen molar-refractivity contribution in [1.29, 1.82) is 0 Å². The number of rotatable bonds is 8. The van der Waals surface area contributed by atoms with E-state index in [1.54, 1.807) is 31.5 Å². The Morgan fingerprint density at radius 2 is 2.17 bits per heavy atom. The molecule has 10 nitrogen and oxygen atoms in total. The number of aromatic nitrogens is 4. The Labute approximate surface area is 205 Å². The van der Waals surface area contributed by atoms with Crippen molar-refractivity contribution in [3.8, 4) is 28.3 Å². The van der Waals surface area contributed by atoms with Crippen molar-refractivity contribution in [3.05, 3.63) is 54.1 Å². The molecule has 5 rings (SSSR count). The summed E-state index contributed by atoms with van der Waals surface area (Å²) in [4.78, 5) is 21.2. The molecule has 11 heteroatoms. The Bertz CT molecular complexity index is 1400. The molecule has 36 heavy (non-hydrogen) atoms. The fraction of sp³-hybridized carbons (Fsp3) is 0.280. The number of fused-ring (bicyclic) bond motifs is 1. The van der Waals surface area contributed by atoms with Crippen molar-refractivity contribution >= 4 is 22.8 Å². The predicted octanol–water partition coefficient (Wildman–Crippen LogP) is 3.42. The van der Waals surface area contributed by atoms with Crippen LogP contribution >= 0.6 is 0 Å². The number of carbonyl (C=O) groups is 1. The van der Waals surface area contributed by atoms with E-state index in [4.69, 9.17) is 9.47 Å². The first-order chi connectivity index (χ1) is 17.5. The van der Waals surface area contributed by atoms with E-state index in [1.165, 1.54) is 6.07 Å². The standard InChI is InChI=1S/C25H25FN6O4/c1-14-8-20(26)22(31-25(34)28-12-16-3-6-35-16)11-18(14)15-9-21(30-23(10-15)36-7-5-33)17-2-4-27-24-19(17)13-29-32-24/h2,4,8-11,13,16,33H,3,5-7,12H2,1H3,(H,27,29,32)(H2,28,31,34)/t16-/m1/s1. The van der Waals surface area contributed by atoms with Gasteiger partial charge in [-0.05, 0) is 54.3 Å². The Kier molecular flexibility index (Phi) is 6.74. The summed E-state index contributed by atoms with van der Waals surface area (Å²) in [6.45, 7) is 2.72. The third kappa shape index (κ3) is 4.97. The highest BCUT2D eigenvalue weighted by Gasteiger charge is 2.20. The number of benzene rings is 1. The van der Waals surface area contributed by atoms with Gasteiger partial charge < -0.3 is 25.2 Å². The number of H-pyrrole nitrogens is 1. The van der Waals surface area contributed by atoms with Gasteiger partial charge in [-0.3, -0.25) is 5.10 Å². The number of halogens is 1. The quantitative estimate of drug-likeness (QED) is 0.296. The molecule has 3 aromatic heterocycles. The van der Waals surface area contributed by atoms with E-state index in [-0.39, 0.29) is 25.0 Å². The van der Waals surface area contributed by atoms with Crippen LogP contribution in [0.5, 0.6) is 5.88 Å². The number of nitrogens with zero attached hydrogens (tertiary/aromatic N) is 3. The molecule has 186 valence electrons. The van der Waals surface area contributed by atoms with Crippen molar-refractivity contribution < 1.29 is 23.8 Å². The molecule has 0 spiro atoms. The van der Waals surface area contributed by atoms with Crippen LogP contribution in [0.4, 0.5) is 14.9 Å². The average Bonchev–Trinajstić information content (AvgIpc) is 3.32. The third-order valence-corrected chi connectivity index (χ3v) is 5.93. The topological polar surface area (TPSA) is 134 Å². The molecule has 1 atom stereocenters. The molecular formula is C25H25FN6O4. The first-order valence-electron chi connectivity index (χ1n) is 11.5. The van der Waals surface area contributed by atoms with Crippen LogP contribution in [-0.2, 0) is 4.74 Å². The number of nitrogens with one attached hydrogen (secondary N) is 3. The number of aliphatic hydroxyl groups excluding tert-OH is 1. The molecule has 0 aliphatic carbocycles. The third-order valence-electron chi connectivity index (χ3n) is 5.93. The van der Waals surface area contributed by atoms with Crippen LogP contribution in [0, 0.1) is 12.7 Å². The number of anilines is 1. The molecule has 0 radical (unpaired) electrons. The summed E-state index contributed by atoms with van der Waals surface area (Å²) in [6.07, 6.45) is 4.20. The van der Waals surface area contributed by atoms with Gasteiger partial charge >= 0.3 is 6.03 Å². The number of hydrogen-bond donors (Lipinski definition) is 4. The minimum atomic E-state index is -0.549. The number of urea groups is 1. The number of aromatic amines is 1. The number of aryl methyl sites for hydroxylation is 1. The van der Waals surface area contributed by atoms with Gasteiger partial charge in [0.05, 0.1) is 30.3 Å². The molecular weight excluding hydrogens is 467 g/mol. The molecule has 0 bridgehead atoms. The van der Waals surface area contributed by atoms with Crippen molar-refractivity contribution in [2.24, 2.45) is 0 Å². The van der Waals surface area contributed by atoms with Crippen molar-refractivity contribution in [3.63, 3.8) is 0 Å². The van der Waals surface area contributed by atoms with Gasteiger partial charge in [-0.1, -0.05) is 0 Å². The summed E-state index contributed by atoms with van der Waals surface area (Å²) in [7, 11) is 0. The van der Waals surface area contributed by atoms with Crippen molar-refractivity contribution in [1.82, 2.24) is 25.5 Å². The van der Waals surface area contributed by atoms with E-state index in [0.29, 0.717) is 47.1 Å². The van der Waals surface area contributed by atoms with Gasteiger partial charge in [-0.25, -0.2) is 19.2 Å². The van der Waals surface area contributed by atoms with E-state index in [1.807, 2.05) is 12.1 Å². The molecule has 1 fully saturated rings. The Morgan fingerprint density at radius 1 is 1.31 bits per heavy atom. The summed E-state index contributed by atoms with van der Waals surface area (Å²) in [5.41, 5.74) is 4.06. The monoisotopic (exact) mass is 492 g/mol. The van der Waals surface area contributed by atoms with E-state index >= 15 is 0 Å². The number of hydrogen-bond acceptors (Lipinski definition) is 7. The number of aliphatic hydroxyl groups is 1. The summed E-state index contributed by atoms with van der Waals surface area (Å²) in [6, 6.07) is 7.83. The maximum Gasteiger partial charge on any atom is 0.319 e. The lowest BCUT2D eigenvalue weighted by molar-refractivity contribution is -0.0465. The van der Waals surface area contributed by atoms with Crippen LogP contribution in [0.3, 0.4) is 0 Å². The Balaban J connectivity index is 1.51. The summed E-state index contributed by atoms with van der Waals surface area (Å²) >= 11 is 0. The van der Waals surface area contributed by atoms with Crippen LogP contribution in [0.15, 0.2) is 42.7 Å². The molecule has 1 aliphatic heterocycles. The van der Waals surface area contributed by atoms with Gasteiger partial charge in [0.2, 0.25) is 5.88 Å². The highest BCUT2D eigenvalue weighted by Crippen LogP contribution is 2.35. The molecule has 1 aliphatic rings. The maximum atomic E-state index is 14.8. The maximum absolute atomic E-state index is 14.8. The van der Waals surface area contributed by atoms with Crippen LogP contribution < -0.4 is 15.4 Å². The minimum Gasteiger partial charge on any atom is -0.475 e. The fourth-order valence-electron chi connectivity index (χ4n) is 4.00. The largest absolute Gasteiger partial charge is 0.475 e. The normalized spacial score (nSPS) is 14.9. The van der Waals surface area contributed by atoms with Crippen LogP contribution in [-0.4, -0.2) is 63.8 Å². The lowest BCUT2D eigenvalue weighted by Crippen LogP contribution is -2.41. The van der Waals surface area contributed by atoms with Crippen LogP contribution in [0.25, 0.3) is 33.4 Å². The van der Waals surface area contributed by atoms with Crippen molar-refractivity contribution in [2.75, 3.05) is 31.7 Å². The first kappa shape index (κ1) is 23.6. The van der Waals surface area contributed by atoms with E-state index < -0.39 is 11.8 Å². The number of carbonyl (C=O) groups excluding carboxylic acids is 1. The lowest BCUT2D eigenvalue weighted by atomic mass is 9.98. The number of pyridine rings is 2. The minimum absolute atomic E-state index is 0.00311. The second-order valence-corrected chi connectivity index (χ2v) is 8.41. The van der Waals surface area contributed by atoms with E-state index in [2.05, 4.69) is 30.8 Å². The molecule has 4 aromatic rings. The number of amides is 2. The molecule has 0 unspecified atom stereocenters. The van der Waals surface area contributed by atoms with Gasteiger partial charge in [0.15, 0.2) is 5.65 Å². The smallest absolute Gasteiger partial charge is 0.319 e. The van der Waals surface area contributed by atoms with Gasteiger partial charge in [0, 0.05) is 36.4 Å². The second kappa shape index (κ2) is 10.3. The summed E-state index contributed by atoms with van der Waals surface area (Å²) in [5.74, 6) is -0.256. The Hall–Kier alpha value is -4.09. The molecule has 1 aromatic carbocycles. The van der Waals surface area contributed by atoms with Gasteiger partial charge in [0.25, 0.3) is 0 Å². The van der Waals surface area contributed by atoms with Crippen LogP contribution in [0.2, 0.25) is 0 Å². The van der Waals surface area contributed by atoms with Gasteiger partial charge in [0.1, 0.15) is 12.4 Å². The van der Waals surface area contributed by atoms with Crippen LogP contribution in [0.1, 0.15) is 12.0 Å². The van der Waals surface area contributed by atoms with E-state index in [9.17, 15) is 14.3 Å². The molecule has 4 N–H and O–H groups in total. The lowest BCUT2D eigenvalue weighted by Gasteiger charge is -2.26. The zero-order valence-corrected chi connectivity index (χ0v) is 19.5. The second-order valence-electron chi connectivity index (χ2n) is 8.41. The number of ether oxygens (including phenoxy) is 2. The van der Waals surface area contributed by atoms with Crippen molar-refractivity contribution in [2.45, 2.75) is 19.4 Å². The molecule has 1 saturated heterocycles. The zero-order chi connectivity index (χ0) is 25.1. The van der Waals surface area contributed by atoms with Gasteiger partial charge in [-0.2, -0.15) is 5.10 Å². The Morgan fingerprint density at radius 3 is 2.94 bits per heavy atom. The molecule has 4 heterocycles. The summed E-state index contributed by atoms with van der Waals surface area (Å²) in [5, 5.41) is 22.2. The zero-order valence-electron chi connectivity index (χ0n) is 19.5. The average molecular weight is 493 g/mol. The highest BCUT2D eigenvalue weighted by molar-refractivity contribution is 5.93. The molecule has 0 saturated carbocycles. The summed E-state index contributed by atoms with van der Waals surface area (Å²) < 4.78 is 25.7. The highest BCUT2D eigenvalue weighted by atomic mass is 19.1. The predicted molar refractivity (Wildman–Crippen MR) is 131 cm³/mol. The molecule has 2 amide bonds. The van der Waals surface area contributed by atoms with E-state index in [0.717, 1.165) is 17.4 Å².